The van der Waals surface area contributed by atoms with Crippen molar-refractivity contribution in [1.82, 2.24) is 5.32 Å². The third kappa shape index (κ3) is 5.71. The predicted molar refractivity (Wildman–Crippen MR) is 107 cm³/mol. The first-order chi connectivity index (χ1) is 13.7. The second kappa shape index (κ2) is 9.92. The van der Waals surface area contributed by atoms with Crippen LogP contribution < -0.4 is 14.8 Å². The topological polar surface area (TPSA) is 64.6 Å². The molecule has 0 saturated heterocycles. The fraction of sp³-hybridized carbons (Fsp3) is 0.130. The summed E-state index contributed by atoms with van der Waals surface area (Å²) in [6, 6.07) is 25.2. The van der Waals surface area contributed by atoms with Crippen molar-refractivity contribution in [2.45, 2.75) is 0 Å². The van der Waals surface area contributed by atoms with Gasteiger partial charge in [-0.3, -0.25) is 9.59 Å². The number of rotatable bonds is 9. The fourth-order valence-electron chi connectivity index (χ4n) is 2.53. The van der Waals surface area contributed by atoms with Gasteiger partial charge in [0.25, 0.3) is 5.91 Å². The summed E-state index contributed by atoms with van der Waals surface area (Å²) >= 11 is 0. The number of nitrogens with one attached hydrogen (secondary N) is 1. The standard InChI is InChI=1S/C23H21NO4/c25-22(24-15-16-27-20-9-5-2-6-10-20)17-28-21-13-11-19(12-14-21)23(26)18-7-3-1-4-8-18/h1-14H,15-17H2,(H,24,25). The lowest BCUT2D eigenvalue weighted by atomic mass is 10.0. The molecule has 0 aliphatic carbocycles. The zero-order valence-corrected chi connectivity index (χ0v) is 15.3. The van der Waals surface area contributed by atoms with Gasteiger partial charge < -0.3 is 14.8 Å². The van der Waals surface area contributed by atoms with Gasteiger partial charge in [0.05, 0.1) is 6.54 Å². The third-order valence-corrected chi connectivity index (χ3v) is 3.96. The highest BCUT2D eigenvalue weighted by Gasteiger charge is 2.09. The van der Waals surface area contributed by atoms with Gasteiger partial charge in [-0.05, 0) is 36.4 Å². The van der Waals surface area contributed by atoms with Gasteiger partial charge in [0.1, 0.15) is 18.1 Å². The first-order valence-corrected chi connectivity index (χ1v) is 8.99. The molecule has 0 spiro atoms. The molecule has 1 amide bonds. The van der Waals surface area contributed by atoms with Gasteiger partial charge in [-0.1, -0.05) is 48.5 Å². The number of ether oxygens (including phenoxy) is 2. The molecule has 0 atom stereocenters. The summed E-state index contributed by atoms with van der Waals surface area (Å²) in [5, 5.41) is 2.73. The average molecular weight is 375 g/mol. The van der Waals surface area contributed by atoms with Gasteiger partial charge in [0.15, 0.2) is 12.4 Å². The number of hydrogen-bond acceptors (Lipinski definition) is 4. The van der Waals surface area contributed by atoms with Gasteiger partial charge >= 0.3 is 0 Å². The Kier molecular flexibility index (Phi) is 6.79. The quantitative estimate of drug-likeness (QED) is 0.459. The van der Waals surface area contributed by atoms with Crippen LogP contribution in [0.2, 0.25) is 0 Å². The van der Waals surface area contributed by atoms with Gasteiger partial charge in [0.2, 0.25) is 0 Å². The molecule has 1 N–H and O–H groups in total. The van der Waals surface area contributed by atoms with Crippen molar-refractivity contribution in [2.75, 3.05) is 19.8 Å². The van der Waals surface area contributed by atoms with Crippen LogP contribution in [0.4, 0.5) is 0 Å². The molecule has 0 aliphatic heterocycles. The van der Waals surface area contributed by atoms with E-state index < -0.39 is 0 Å². The van der Waals surface area contributed by atoms with E-state index in [4.69, 9.17) is 9.47 Å². The van der Waals surface area contributed by atoms with E-state index in [1.165, 1.54) is 0 Å². The number of ketones is 1. The Morgan fingerprint density at radius 1 is 0.679 bits per heavy atom. The van der Waals surface area contributed by atoms with E-state index >= 15 is 0 Å². The van der Waals surface area contributed by atoms with Crippen LogP contribution in [0.3, 0.4) is 0 Å². The maximum Gasteiger partial charge on any atom is 0.258 e. The van der Waals surface area contributed by atoms with E-state index in [1.807, 2.05) is 48.5 Å². The molecule has 28 heavy (non-hydrogen) atoms. The number of amides is 1. The zero-order valence-electron chi connectivity index (χ0n) is 15.3. The molecular weight excluding hydrogens is 354 g/mol. The summed E-state index contributed by atoms with van der Waals surface area (Å²) in [7, 11) is 0. The van der Waals surface area contributed by atoms with E-state index in [0.29, 0.717) is 30.0 Å². The summed E-state index contributed by atoms with van der Waals surface area (Å²) in [4.78, 5) is 24.2. The van der Waals surface area contributed by atoms with Gasteiger partial charge in [-0.15, -0.1) is 0 Å². The number of carbonyl (C=O) groups excluding carboxylic acids is 2. The largest absolute Gasteiger partial charge is 0.492 e. The Morgan fingerprint density at radius 2 is 1.25 bits per heavy atom. The molecule has 0 aromatic heterocycles. The Labute approximate surface area is 163 Å². The van der Waals surface area contributed by atoms with Crippen LogP contribution in [0.25, 0.3) is 0 Å². The smallest absolute Gasteiger partial charge is 0.258 e. The van der Waals surface area contributed by atoms with E-state index in [-0.39, 0.29) is 18.3 Å². The van der Waals surface area contributed by atoms with E-state index in [0.717, 1.165) is 5.75 Å². The van der Waals surface area contributed by atoms with Gasteiger partial charge in [-0.25, -0.2) is 0 Å². The fourth-order valence-corrected chi connectivity index (χ4v) is 2.53. The molecule has 3 rings (SSSR count). The highest BCUT2D eigenvalue weighted by Crippen LogP contribution is 2.15. The lowest BCUT2D eigenvalue weighted by Gasteiger charge is -2.09. The molecule has 3 aromatic rings. The molecule has 3 aromatic carbocycles. The highest BCUT2D eigenvalue weighted by atomic mass is 16.5. The van der Waals surface area contributed by atoms with Crippen LogP contribution in [-0.4, -0.2) is 31.4 Å². The van der Waals surface area contributed by atoms with Crippen molar-refractivity contribution in [3.63, 3.8) is 0 Å². The third-order valence-electron chi connectivity index (χ3n) is 3.96. The summed E-state index contributed by atoms with van der Waals surface area (Å²) < 4.78 is 11.0. The number of para-hydroxylation sites is 1. The van der Waals surface area contributed by atoms with Crippen molar-refractivity contribution in [2.24, 2.45) is 0 Å². The molecule has 0 heterocycles. The van der Waals surface area contributed by atoms with E-state index in [2.05, 4.69) is 5.32 Å². The van der Waals surface area contributed by atoms with Crippen molar-refractivity contribution in [3.05, 3.63) is 96.1 Å². The first-order valence-electron chi connectivity index (χ1n) is 8.99. The summed E-state index contributed by atoms with van der Waals surface area (Å²) in [5.41, 5.74) is 1.20. The van der Waals surface area contributed by atoms with Gasteiger partial charge in [-0.2, -0.15) is 0 Å². The molecule has 0 fully saturated rings. The molecule has 0 saturated carbocycles. The zero-order chi connectivity index (χ0) is 19.6. The van der Waals surface area contributed by atoms with Crippen LogP contribution in [-0.2, 0) is 4.79 Å². The Hall–Kier alpha value is -3.60. The molecule has 0 aliphatic rings. The number of benzene rings is 3. The van der Waals surface area contributed by atoms with Crippen LogP contribution >= 0.6 is 0 Å². The van der Waals surface area contributed by atoms with Crippen LogP contribution in [0.1, 0.15) is 15.9 Å². The molecule has 0 unspecified atom stereocenters. The minimum Gasteiger partial charge on any atom is -0.492 e. The van der Waals surface area contributed by atoms with Crippen LogP contribution in [0.5, 0.6) is 11.5 Å². The van der Waals surface area contributed by atoms with Crippen molar-refractivity contribution >= 4 is 11.7 Å². The molecule has 142 valence electrons. The Morgan fingerprint density at radius 3 is 1.93 bits per heavy atom. The second-order valence-corrected chi connectivity index (χ2v) is 6.02. The normalized spacial score (nSPS) is 10.1. The molecule has 5 nitrogen and oxygen atoms in total. The number of carbonyl (C=O) groups is 2. The lowest BCUT2D eigenvalue weighted by molar-refractivity contribution is -0.123. The minimum atomic E-state index is -0.235. The summed E-state index contributed by atoms with van der Waals surface area (Å²) in [6.07, 6.45) is 0. The van der Waals surface area contributed by atoms with Crippen LogP contribution in [0, 0.1) is 0 Å². The average Bonchev–Trinajstić information content (AvgIpc) is 2.76. The Balaban J connectivity index is 1.39. The van der Waals surface area contributed by atoms with Crippen molar-refractivity contribution in [3.8, 4) is 11.5 Å². The maximum absolute atomic E-state index is 12.4. The maximum atomic E-state index is 12.4. The molecule has 0 bridgehead atoms. The van der Waals surface area contributed by atoms with E-state index in [1.54, 1.807) is 36.4 Å². The molecule has 0 radical (unpaired) electrons. The monoisotopic (exact) mass is 375 g/mol. The number of hydrogen-bond donors (Lipinski definition) is 1. The molecular formula is C23H21NO4. The summed E-state index contributed by atoms with van der Waals surface area (Å²) in [6.45, 7) is 0.672. The van der Waals surface area contributed by atoms with Crippen molar-refractivity contribution in [1.29, 1.82) is 0 Å². The SMILES string of the molecule is O=C(COc1ccc(C(=O)c2ccccc2)cc1)NCCOc1ccccc1. The minimum absolute atomic E-state index is 0.0525. The second-order valence-electron chi connectivity index (χ2n) is 6.02. The highest BCUT2D eigenvalue weighted by molar-refractivity contribution is 6.08. The lowest BCUT2D eigenvalue weighted by Crippen LogP contribution is -2.32. The van der Waals surface area contributed by atoms with Crippen molar-refractivity contribution < 1.29 is 19.1 Å². The van der Waals surface area contributed by atoms with Gasteiger partial charge in [0, 0.05) is 11.1 Å². The first kappa shape index (κ1) is 19.2. The van der Waals surface area contributed by atoms with Crippen LogP contribution in [0.15, 0.2) is 84.9 Å². The molecule has 5 heteroatoms. The predicted octanol–water partition coefficient (Wildman–Crippen LogP) is 3.49. The summed E-state index contributed by atoms with van der Waals surface area (Å²) in [5.74, 6) is 1.00. The Bertz CT molecular complexity index is 893. The van der Waals surface area contributed by atoms with E-state index in [9.17, 15) is 9.59 Å².